The highest BCUT2D eigenvalue weighted by atomic mass is 32.2. The zero-order valence-corrected chi connectivity index (χ0v) is 34.0. The number of halogens is 20. The van der Waals surface area contributed by atoms with E-state index in [1.807, 2.05) is 42.5 Å². The molecule has 0 fully saturated rings. The van der Waals surface area contributed by atoms with Crippen molar-refractivity contribution in [2.24, 2.45) is 0 Å². The van der Waals surface area contributed by atoms with Crippen LogP contribution >= 0.6 is 19.0 Å². The predicted molar refractivity (Wildman–Crippen MR) is 200 cm³/mol. The number of carbonyl (C=O) groups excluding carboxylic acids is 1. The molecule has 6 rings (SSSR count). The number of Topliss-reactive ketones (excluding diaryl/α,β-unsaturated/α-hetero) is 1. The highest BCUT2D eigenvalue weighted by Crippen LogP contribution is 2.46. The van der Waals surface area contributed by atoms with Gasteiger partial charge in [-0.2, -0.15) is 0 Å². The van der Waals surface area contributed by atoms with Crippen LogP contribution in [0.3, 0.4) is 0 Å². The van der Waals surface area contributed by atoms with E-state index < -0.39 is 152 Å². The molecule has 0 aliphatic heterocycles. The Morgan fingerprint density at radius 3 is 0.846 bits per heavy atom. The summed E-state index contributed by atoms with van der Waals surface area (Å²) < 4.78 is 294. The van der Waals surface area contributed by atoms with Gasteiger partial charge in [-0.1, -0.05) is 42.1 Å². The summed E-state index contributed by atoms with van der Waals surface area (Å²) in [5, 5.41) is 0. The number of ketones is 1. The maximum absolute atomic E-state index is 15.4. The van der Waals surface area contributed by atoms with E-state index in [2.05, 4.69) is 32.1 Å². The largest absolute Gasteiger partial charge is 0.290 e. The van der Waals surface area contributed by atoms with E-state index >= 15 is 35.1 Å². The summed E-state index contributed by atoms with van der Waals surface area (Å²) in [4.78, 5) is 14.5. The molecule has 24 heteroatoms. The maximum Gasteiger partial charge on any atom is 0.200 e. The Kier molecular flexibility index (Phi) is 14.5. The summed E-state index contributed by atoms with van der Waals surface area (Å²) in [7, 11) is -1.06. The maximum atomic E-state index is 15.4. The van der Waals surface area contributed by atoms with E-state index in [9.17, 15) is 57.5 Å². The molecule has 0 saturated carbocycles. The standard InChI is InChI=1S/C24BF20.C17H20OPS/c26-5-1(6(27)14(35)21(42)13(5)34)25(2-7(28)15(36)22(43)16(37)8(2)29,3-9(30)17(38)23(44)18(39)10(3)31)4-11(32)19(40)24(45)20(41)12(4)33;1-19(2,3)13-17(18)14-9-11-16(12-10-14)20-15-7-5-4-6-8-15/h;4-12H,13H2,1-3H3/q-1;+1. The lowest BCUT2D eigenvalue weighted by molar-refractivity contribution is 0.102. The quantitative estimate of drug-likeness (QED) is 0.0359. The molecule has 0 aliphatic carbocycles. The van der Waals surface area contributed by atoms with Crippen molar-refractivity contribution in [3.05, 3.63) is 177 Å². The van der Waals surface area contributed by atoms with Crippen LogP contribution in [-0.2, 0) is 0 Å². The van der Waals surface area contributed by atoms with Gasteiger partial charge in [0.25, 0.3) is 0 Å². The van der Waals surface area contributed by atoms with Crippen LogP contribution in [0.25, 0.3) is 0 Å². The Morgan fingerprint density at radius 2 is 0.600 bits per heavy atom. The molecule has 0 aromatic heterocycles. The molecule has 1 nitrogen and oxygen atoms in total. The summed E-state index contributed by atoms with van der Waals surface area (Å²) in [6.07, 6.45) is -6.52. The van der Waals surface area contributed by atoms with Crippen molar-refractivity contribution in [1.82, 2.24) is 0 Å². The minimum atomic E-state index is -7.22. The summed E-state index contributed by atoms with van der Waals surface area (Å²) in [5.74, 6) is -71.1. The molecule has 0 radical (unpaired) electrons. The van der Waals surface area contributed by atoms with Gasteiger partial charge in [-0.3, -0.25) is 4.79 Å². The van der Waals surface area contributed by atoms with Crippen LogP contribution in [0.4, 0.5) is 87.8 Å². The summed E-state index contributed by atoms with van der Waals surface area (Å²) in [5.41, 5.74) is -13.5. The van der Waals surface area contributed by atoms with Crippen LogP contribution in [0, 0.1) is 116 Å². The van der Waals surface area contributed by atoms with Crippen molar-refractivity contribution in [2.45, 2.75) is 9.79 Å². The fourth-order valence-corrected chi connectivity index (χ4v) is 8.61. The van der Waals surface area contributed by atoms with Gasteiger partial charge in [0.2, 0.25) is 0 Å². The van der Waals surface area contributed by atoms with Crippen LogP contribution < -0.4 is 21.9 Å². The van der Waals surface area contributed by atoms with E-state index in [1.54, 1.807) is 11.8 Å². The highest BCUT2D eigenvalue weighted by Gasteiger charge is 2.52. The third kappa shape index (κ3) is 8.80. The Balaban J connectivity index is 0.000000330. The predicted octanol–water partition coefficient (Wildman–Crippen LogP) is 10.8. The first-order chi connectivity index (χ1) is 30.1. The summed E-state index contributed by atoms with van der Waals surface area (Å²) in [6.45, 7) is 6.60. The van der Waals surface area contributed by atoms with E-state index in [4.69, 9.17) is 0 Å². The average Bonchev–Trinajstić information content (AvgIpc) is 3.26. The molecule has 344 valence electrons. The number of carbonyl (C=O) groups is 1. The molecule has 65 heavy (non-hydrogen) atoms. The monoisotopic (exact) mass is 982 g/mol. The average molecular weight is 982 g/mol. The van der Waals surface area contributed by atoms with Gasteiger partial charge in [0.15, 0.2) is 75.6 Å². The normalized spacial score (nSPS) is 11.8. The molecular weight excluding hydrogens is 962 g/mol. The molecule has 6 aromatic carbocycles. The highest BCUT2D eigenvalue weighted by molar-refractivity contribution is 7.99. The smallest absolute Gasteiger partial charge is 0.200 e. The van der Waals surface area contributed by atoms with Gasteiger partial charge < -0.3 is 0 Å². The van der Waals surface area contributed by atoms with Crippen molar-refractivity contribution >= 4 is 52.8 Å². The van der Waals surface area contributed by atoms with Crippen LogP contribution in [0.15, 0.2) is 64.4 Å². The van der Waals surface area contributed by atoms with Crippen LogP contribution in [0.1, 0.15) is 10.4 Å². The minimum absolute atomic E-state index is 0.266. The topological polar surface area (TPSA) is 17.1 Å². The van der Waals surface area contributed by atoms with E-state index in [0.717, 1.165) is 5.56 Å². The fraction of sp³-hybridized carbons (Fsp3) is 0.0976. The second-order valence-corrected chi connectivity index (χ2v) is 20.7. The summed E-state index contributed by atoms with van der Waals surface area (Å²) in [6, 6.07) is 18.2. The second-order valence-electron chi connectivity index (χ2n) is 14.6. The van der Waals surface area contributed by atoms with Gasteiger partial charge in [-0.25, -0.2) is 87.8 Å². The Labute approximate surface area is 357 Å². The molecule has 0 atom stereocenters. The van der Waals surface area contributed by atoms with Gasteiger partial charge in [0.1, 0.15) is 58.8 Å². The van der Waals surface area contributed by atoms with Crippen LogP contribution in [0.5, 0.6) is 0 Å². The van der Waals surface area contributed by atoms with E-state index in [-0.39, 0.29) is 5.78 Å². The van der Waals surface area contributed by atoms with Crippen molar-refractivity contribution < 1.29 is 92.6 Å². The molecule has 0 N–H and O–H groups in total. The van der Waals surface area contributed by atoms with Crippen molar-refractivity contribution in [3.8, 4) is 0 Å². The third-order valence-corrected chi connectivity index (χ3v) is 11.7. The lowest BCUT2D eigenvalue weighted by Crippen LogP contribution is -2.81. The zero-order chi connectivity index (χ0) is 48.9. The van der Waals surface area contributed by atoms with Crippen molar-refractivity contribution in [3.63, 3.8) is 0 Å². The first-order valence-corrected chi connectivity index (χ1v) is 21.7. The number of rotatable bonds is 9. The van der Waals surface area contributed by atoms with Gasteiger partial charge in [0, 0.05) is 42.6 Å². The molecular formula is C41H20BF20OPS. The van der Waals surface area contributed by atoms with Crippen molar-refractivity contribution in [2.75, 3.05) is 26.2 Å². The molecule has 0 unspecified atom stereocenters. The number of hydrogen-bond acceptors (Lipinski definition) is 2. The van der Waals surface area contributed by atoms with Gasteiger partial charge in [-0.15, -0.1) is 21.9 Å². The Hall–Kier alpha value is -5.57. The third-order valence-electron chi connectivity index (χ3n) is 9.48. The van der Waals surface area contributed by atoms with Crippen LogP contribution in [-0.4, -0.2) is 38.1 Å². The fourth-order valence-electron chi connectivity index (χ4n) is 6.73. The molecule has 0 spiro atoms. The number of hydrogen-bond donors (Lipinski definition) is 0. The molecule has 0 heterocycles. The minimum Gasteiger partial charge on any atom is -0.290 e. The SMILES string of the molecule is C[P+](C)(C)CC(=O)c1ccc(Sc2ccccc2)cc1.Fc1c(F)c(F)c([B-](c2c(F)c(F)c(F)c(F)c2F)(c2c(F)c(F)c(F)c(F)c2F)c2c(F)c(F)c(F)c(F)c2F)c(F)c1F. The lowest BCUT2D eigenvalue weighted by Gasteiger charge is -2.44. The van der Waals surface area contributed by atoms with Gasteiger partial charge in [-0.05, 0) is 24.3 Å². The Morgan fingerprint density at radius 1 is 0.369 bits per heavy atom. The number of benzene rings is 6. The molecule has 0 saturated heterocycles. The first kappa shape index (κ1) is 50.4. The van der Waals surface area contributed by atoms with E-state index in [0.29, 0.717) is 6.16 Å². The summed E-state index contributed by atoms with van der Waals surface area (Å²) >= 11 is 1.72. The van der Waals surface area contributed by atoms with Gasteiger partial charge in [0.05, 0.1) is 0 Å². The zero-order valence-electron chi connectivity index (χ0n) is 32.3. The van der Waals surface area contributed by atoms with Gasteiger partial charge >= 0.3 is 0 Å². The van der Waals surface area contributed by atoms with Crippen LogP contribution in [0.2, 0.25) is 0 Å². The van der Waals surface area contributed by atoms with Crippen molar-refractivity contribution in [1.29, 1.82) is 0 Å². The first-order valence-electron chi connectivity index (χ1n) is 17.5. The Bertz CT molecular complexity index is 2490. The molecule has 0 bridgehead atoms. The lowest BCUT2D eigenvalue weighted by atomic mass is 9.12. The van der Waals surface area contributed by atoms with E-state index in [1.165, 1.54) is 9.79 Å². The molecule has 0 aliphatic rings. The molecule has 0 amide bonds. The molecule has 6 aromatic rings. The second kappa shape index (κ2) is 18.7.